The van der Waals surface area contributed by atoms with Gasteiger partial charge < -0.3 is 9.84 Å². The summed E-state index contributed by atoms with van der Waals surface area (Å²) < 4.78 is 4.27. The second-order valence-electron chi connectivity index (χ2n) is 3.37. The van der Waals surface area contributed by atoms with E-state index in [2.05, 4.69) is 31.1 Å². The normalized spacial score (nSPS) is 7.33. The first-order chi connectivity index (χ1) is 8.09. The molecular weight excluding hydrogens is 232 g/mol. The van der Waals surface area contributed by atoms with E-state index < -0.39 is 5.97 Å². The molecule has 0 bridgehead atoms. The molecule has 102 valence electrons. The Morgan fingerprint density at radius 3 is 1.28 bits per heavy atom. The van der Waals surface area contributed by atoms with Crippen LogP contribution in [0.3, 0.4) is 0 Å². The number of ether oxygens (including phenoxy) is 1. The van der Waals surface area contributed by atoms with Crippen LogP contribution in [0.15, 0.2) is 49.1 Å². The first-order valence-electron chi connectivity index (χ1n) is 5.00. The molecule has 0 aromatic heterocycles. The molecule has 0 fully saturated rings. The van der Waals surface area contributed by atoms with E-state index in [4.69, 9.17) is 5.11 Å². The number of hydrogen-bond donors (Lipinski definition) is 1. The molecular formula is C14H22O4. The molecule has 4 nitrogen and oxygen atoms in total. The molecule has 18 heavy (non-hydrogen) atoms. The van der Waals surface area contributed by atoms with Gasteiger partial charge in [0.1, 0.15) is 0 Å². The maximum Gasteiger partial charge on any atom is 0.332 e. The number of rotatable bonds is 3. The summed E-state index contributed by atoms with van der Waals surface area (Å²) in [5, 5.41) is 7.60. The summed E-state index contributed by atoms with van der Waals surface area (Å²) in [6, 6.07) is 0. The van der Waals surface area contributed by atoms with E-state index in [0.717, 1.165) is 17.2 Å². The van der Waals surface area contributed by atoms with Crippen molar-refractivity contribution in [2.75, 3.05) is 7.11 Å². The second-order valence-corrected chi connectivity index (χ2v) is 3.37. The van der Waals surface area contributed by atoms with E-state index in [0.29, 0.717) is 5.57 Å². The van der Waals surface area contributed by atoms with Crippen LogP contribution in [0.4, 0.5) is 0 Å². The molecule has 0 spiro atoms. The Kier molecular flexibility index (Phi) is 15.3. The van der Waals surface area contributed by atoms with Crippen LogP contribution in [0.1, 0.15) is 20.8 Å². The van der Waals surface area contributed by atoms with Gasteiger partial charge in [-0.25, -0.2) is 9.59 Å². The van der Waals surface area contributed by atoms with Gasteiger partial charge in [0.2, 0.25) is 0 Å². The van der Waals surface area contributed by atoms with E-state index in [9.17, 15) is 9.59 Å². The fourth-order valence-corrected chi connectivity index (χ4v) is 0.174. The standard InChI is InChI=1S/C6H10.C5H8O2.C3H4O2/c1-5(2)6(3)4;1-4(2)5(6)7-3;1-2-3(4)5/h1,3H2,2,4H3;1H2,2-3H3;2H,1H2,(H,4,5). The molecule has 0 aliphatic carbocycles. The number of carboxylic acids is 1. The highest BCUT2D eigenvalue weighted by atomic mass is 16.5. The van der Waals surface area contributed by atoms with Crippen molar-refractivity contribution >= 4 is 11.9 Å². The minimum Gasteiger partial charge on any atom is -0.478 e. The van der Waals surface area contributed by atoms with E-state index in [-0.39, 0.29) is 5.97 Å². The summed E-state index contributed by atoms with van der Waals surface area (Å²) in [4.78, 5) is 19.4. The Labute approximate surface area is 109 Å². The van der Waals surface area contributed by atoms with E-state index >= 15 is 0 Å². The van der Waals surface area contributed by atoms with Crippen LogP contribution in [-0.4, -0.2) is 24.2 Å². The Morgan fingerprint density at radius 2 is 1.28 bits per heavy atom. The van der Waals surface area contributed by atoms with Crippen LogP contribution in [0.5, 0.6) is 0 Å². The van der Waals surface area contributed by atoms with Crippen LogP contribution in [0.2, 0.25) is 0 Å². The molecule has 0 rings (SSSR count). The van der Waals surface area contributed by atoms with Crippen molar-refractivity contribution in [3.8, 4) is 0 Å². The van der Waals surface area contributed by atoms with Gasteiger partial charge in [-0.3, -0.25) is 0 Å². The third kappa shape index (κ3) is 23.6. The van der Waals surface area contributed by atoms with Crippen molar-refractivity contribution in [3.63, 3.8) is 0 Å². The van der Waals surface area contributed by atoms with Crippen molar-refractivity contribution in [2.24, 2.45) is 0 Å². The van der Waals surface area contributed by atoms with Crippen LogP contribution in [0, 0.1) is 0 Å². The fraction of sp³-hybridized carbons (Fsp3) is 0.286. The number of methoxy groups -OCH3 is 1. The summed E-state index contributed by atoms with van der Waals surface area (Å²) in [7, 11) is 1.33. The average molecular weight is 254 g/mol. The molecule has 0 aromatic carbocycles. The number of aliphatic carboxylic acids is 1. The van der Waals surface area contributed by atoms with Gasteiger partial charge in [-0.15, -0.1) is 0 Å². The predicted molar refractivity (Wildman–Crippen MR) is 74.3 cm³/mol. The number of esters is 1. The van der Waals surface area contributed by atoms with Gasteiger partial charge in [0.15, 0.2) is 0 Å². The molecule has 0 aliphatic heterocycles. The predicted octanol–water partition coefficient (Wildman–Crippen LogP) is 3.13. The summed E-state index contributed by atoms with van der Waals surface area (Å²) in [5.41, 5.74) is 2.56. The maximum absolute atomic E-state index is 10.2. The molecule has 0 amide bonds. The van der Waals surface area contributed by atoms with Gasteiger partial charge in [-0.05, 0) is 20.8 Å². The van der Waals surface area contributed by atoms with Crippen LogP contribution in [0.25, 0.3) is 0 Å². The van der Waals surface area contributed by atoms with Crippen molar-refractivity contribution in [1.29, 1.82) is 0 Å². The number of carbonyl (C=O) groups is 2. The van der Waals surface area contributed by atoms with Gasteiger partial charge >= 0.3 is 11.9 Å². The summed E-state index contributed by atoms with van der Waals surface area (Å²) in [6.07, 6.45) is 0.833. The van der Waals surface area contributed by atoms with Crippen LogP contribution >= 0.6 is 0 Å². The second kappa shape index (κ2) is 13.0. The third-order valence-corrected chi connectivity index (χ3v) is 1.44. The summed E-state index contributed by atoms with van der Waals surface area (Å²) in [5.74, 6) is -1.33. The highest BCUT2D eigenvalue weighted by molar-refractivity contribution is 5.86. The minimum absolute atomic E-state index is 0.347. The molecule has 0 radical (unpaired) electrons. The topological polar surface area (TPSA) is 63.6 Å². The van der Waals surface area contributed by atoms with Crippen LogP contribution in [-0.2, 0) is 14.3 Å². The Morgan fingerprint density at radius 1 is 1.00 bits per heavy atom. The Balaban J connectivity index is -0.000000190. The molecule has 0 saturated heterocycles. The summed E-state index contributed by atoms with van der Waals surface area (Å²) in [6.45, 7) is 19.1. The quantitative estimate of drug-likeness (QED) is 0.477. The summed E-state index contributed by atoms with van der Waals surface area (Å²) >= 11 is 0. The first kappa shape index (κ1) is 21.2. The van der Waals surface area contributed by atoms with E-state index in [1.165, 1.54) is 7.11 Å². The van der Waals surface area contributed by atoms with Gasteiger partial charge in [0.25, 0.3) is 0 Å². The molecule has 1 N–H and O–H groups in total. The monoisotopic (exact) mass is 254 g/mol. The molecule has 4 heteroatoms. The van der Waals surface area contributed by atoms with E-state index in [1.807, 2.05) is 13.8 Å². The maximum atomic E-state index is 10.2. The Hall–Kier alpha value is -2.10. The van der Waals surface area contributed by atoms with Gasteiger partial charge in [-0.2, -0.15) is 0 Å². The highest BCUT2D eigenvalue weighted by Crippen LogP contribution is 1.98. The smallest absolute Gasteiger partial charge is 0.332 e. The lowest BCUT2D eigenvalue weighted by atomic mass is 10.2. The molecule has 0 aromatic rings. The third-order valence-electron chi connectivity index (χ3n) is 1.44. The van der Waals surface area contributed by atoms with E-state index in [1.54, 1.807) is 6.92 Å². The number of carboxylic acid groups (broad SMARTS) is 1. The lowest BCUT2D eigenvalue weighted by molar-refractivity contribution is -0.136. The number of carbonyl (C=O) groups excluding carboxylic acids is 1. The van der Waals surface area contributed by atoms with Gasteiger partial charge in [-0.1, -0.05) is 37.5 Å². The SMILES string of the molecule is C=C(C)C(=C)C.C=C(C)C(=O)OC.C=CC(=O)O. The highest BCUT2D eigenvalue weighted by Gasteiger charge is 1.95. The first-order valence-corrected chi connectivity index (χ1v) is 5.00. The zero-order valence-corrected chi connectivity index (χ0v) is 11.6. The van der Waals surface area contributed by atoms with Gasteiger partial charge in [0, 0.05) is 11.6 Å². The van der Waals surface area contributed by atoms with Crippen molar-refractivity contribution in [1.82, 2.24) is 0 Å². The zero-order valence-electron chi connectivity index (χ0n) is 11.6. The Bertz CT molecular complexity index is 326. The molecule has 0 heterocycles. The van der Waals surface area contributed by atoms with Crippen molar-refractivity contribution in [3.05, 3.63) is 49.1 Å². The zero-order chi connectivity index (χ0) is 15.3. The largest absolute Gasteiger partial charge is 0.478 e. The number of allylic oxidation sites excluding steroid dienone is 2. The van der Waals surface area contributed by atoms with Crippen molar-refractivity contribution < 1.29 is 19.4 Å². The average Bonchev–Trinajstić information content (AvgIpc) is 2.29. The minimum atomic E-state index is -0.981. The van der Waals surface area contributed by atoms with Crippen LogP contribution < -0.4 is 0 Å². The molecule has 0 saturated carbocycles. The lowest BCUT2D eigenvalue weighted by Crippen LogP contribution is -1.98. The molecule has 0 atom stereocenters. The molecule has 0 unspecified atom stereocenters. The number of hydrogen-bond acceptors (Lipinski definition) is 3. The molecule has 0 aliphatic rings. The van der Waals surface area contributed by atoms with Crippen molar-refractivity contribution in [2.45, 2.75) is 20.8 Å². The van der Waals surface area contributed by atoms with Gasteiger partial charge in [0.05, 0.1) is 7.11 Å². The lowest BCUT2D eigenvalue weighted by Gasteiger charge is -1.91. The fourth-order valence-electron chi connectivity index (χ4n) is 0.174.